The zero-order valence-electron chi connectivity index (χ0n) is 19.9. The molecule has 0 spiro atoms. The maximum absolute atomic E-state index is 13.3. The Morgan fingerprint density at radius 3 is 2.63 bits per heavy atom. The molecule has 4 heterocycles. The second-order valence-corrected chi connectivity index (χ2v) is 9.54. The number of aromatic nitrogens is 3. The first kappa shape index (κ1) is 22.9. The van der Waals surface area contributed by atoms with Crippen molar-refractivity contribution < 1.29 is 19.2 Å². The summed E-state index contributed by atoms with van der Waals surface area (Å²) >= 11 is 0. The van der Waals surface area contributed by atoms with Gasteiger partial charge in [0.15, 0.2) is 5.82 Å². The van der Waals surface area contributed by atoms with Gasteiger partial charge >= 0.3 is 12.1 Å². The van der Waals surface area contributed by atoms with Crippen molar-refractivity contribution in [1.29, 1.82) is 0 Å². The summed E-state index contributed by atoms with van der Waals surface area (Å²) in [5.41, 5.74) is 1.90. The van der Waals surface area contributed by atoms with E-state index in [0.29, 0.717) is 18.1 Å². The smallest absolute Gasteiger partial charge is 0.407 e. The Balaban J connectivity index is 1.43. The highest BCUT2D eigenvalue weighted by Gasteiger charge is 2.50. The zero-order valence-corrected chi connectivity index (χ0v) is 19.9. The Labute approximate surface area is 203 Å². The zero-order chi connectivity index (χ0) is 24.6. The number of pyridine rings is 1. The Morgan fingerprint density at radius 1 is 1.14 bits per heavy atom. The third kappa shape index (κ3) is 4.69. The normalized spacial score (nSPS) is 19.0. The largest absolute Gasteiger partial charge is 0.444 e. The summed E-state index contributed by atoms with van der Waals surface area (Å²) in [5.74, 6) is 0.662. The minimum absolute atomic E-state index is 0.159. The summed E-state index contributed by atoms with van der Waals surface area (Å²) in [7, 11) is 0. The van der Waals surface area contributed by atoms with Gasteiger partial charge in [-0.1, -0.05) is 36.4 Å². The summed E-state index contributed by atoms with van der Waals surface area (Å²) < 4.78 is 7.08. The Morgan fingerprint density at radius 2 is 1.91 bits per heavy atom. The van der Waals surface area contributed by atoms with E-state index in [1.165, 1.54) is 5.06 Å². The molecule has 0 saturated carbocycles. The molecule has 0 radical (unpaired) electrons. The molecule has 3 aromatic rings. The molecule has 1 saturated heterocycles. The van der Waals surface area contributed by atoms with Gasteiger partial charge in [-0.2, -0.15) is 10.2 Å². The van der Waals surface area contributed by atoms with Crippen molar-refractivity contribution in [3.63, 3.8) is 0 Å². The molecule has 0 aliphatic carbocycles. The van der Waals surface area contributed by atoms with Crippen molar-refractivity contribution in [2.75, 3.05) is 13.1 Å². The lowest BCUT2D eigenvalue weighted by Gasteiger charge is -2.30. The number of amides is 3. The molecule has 1 fully saturated rings. The van der Waals surface area contributed by atoms with Gasteiger partial charge in [-0.05, 0) is 38.5 Å². The number of carbonyl (C=O) groups is 2. The van der Waals surface area contributed by atoms with Gasteiger partial charge in [0.1, 0.15) is 18.2 Å². The summed E-state index contributed by atoms with van der Waals surface area (Å²) in [6.07, 6.45) is 3.04. The number of ether oxygens (including phenoxy) is 1. The standard InChI is InChI=1S/C25H28N6O4/c1-25(2,3)35-23(32)27-13-19-22-18(14-30(28-22)21-11-7-8-12-26-21)20-15-29(19)24(33)31(20)34-16-17-9-5-4-6-10-17/h4-12,14,19-20H,13,15-16H2,1-3H3,(H,27,32)/t19?,20-/m1/s1. The van der Waals surface area contributed by atoms with Gasteiger partial charge in [0.2, 0.25) is 0 Å². The number of nitrogens with one attached hydrogen (secondary N) is 1. The predicted molar refractivity (Wildman–Crippen MR) is 126 cm³/mol. The molecular weight excluding hydrogens is 448 g/mol. The molecule has 35 heavy (non-hydrogen) atoms. The lowest BCUT2D eigenvalue weighted by atomic mass is 9.98. The van der Waals surface area contributed by atoms with Crippen LogP contribution in [-0.4, -0.2) is 55.5 Å². The molecule has 2 bridgehead atoms. The fraction of sp³-hybridized carbons (Fsp3) is 0.360. The lowest BCUT2D eigenvalue weighted by Crippen LogP contribution is -2.42. The molecule has 5 rings (SSSR count). The minimum atomic E-state index is -0.626. The molecule has 10 heteroatoms. The van der Waals surface area contributed by atoms with E-state index in [2.05, 4.69) is 10.3 Å². The van der Waals surface area contributed by atoms with Gasteiger partial charge in [0, 0.05) is 24.5 Å². The summed E-state index contributed by atoms with van der Waals surface area (Å²) in [6.45, 7) is 6.26. The maximum Gasteiger partial charge on any atom is 0.407 e. The molecule has 2 aromatic heterocycles. The second-order valence-electron chi connectivity index (χ2n) is 9.54. The van der Waals surface area contributed by atoms with E-state index >= 15 is 0 Å². The average molecular weight is 477 g/mol. The van der Waals surface area contributed by atoms with E-state index in [1.54, 1.807) is 36.5 Å². The van der Waals surface area contributed by atoms with Crippen LogP contribution in [0.15, 0.2) is 60.9 Å². The van der Waals surface area contributed by atoms with Crippen LogP contribution >= 0.6 is 0 Å². The number of hydrogen-bond donors (Lipinski definition) is 1. The summed E-state index contributed by atoms with van der Waals surface area (Å²) in [6, 6.07) is 14.2. The van der Waals surface area contributed by atoms with E-state index in [0.717, 1.165) is 11.1 Å². The van der Waals surface area contributed by atoms with Crippen LogP contribution in [0.2, 0.25) is 0 Å². The fourth-order valence-electron chi connectivity index (χ4n) is 4.32. The monoisotopic (exact) mass is 476 g/mol. The molecular formula is C25H28N6O4. The highest BCUT2D eigenvalue weighted by Crippen LogP contribution is 2.43. The number of nitrogens with zero attached hydrogens (tertiary/aromatic N) is 5. The van der Waals surface area contributed by atoms with Gasteiger partial charge < -0.3 is 15.0 Å². The molecule has 10 nitrogen and oxygen atoms in total. The number of carbonyl (C=O) groups excluding carboxylic acids is 2. The van der Waals surface area contributed by atoms with Crippen molar-refractivity contribution in [3.8, 4) is 5.82 Å². The van der Waals surface area contributed by atoms with Crippen molar-refractivity contribution in [1.82, 2.24) is 30.0 Å². The molecule has 2 atom stereocenters. The number of urea groups is 1. The van der Waals surface area contributed by atoms with Crippen molar-refractivity contribution in [3.05, 3.63) is 77.7 Å². The van der Waals surface area contributed by atoms with Crippen LogP contribution in [0.5, 0.6) is 0 Å². The predicted octanol–water partition coefficient (Wildman–Crippen LogP) is 3.76. The number of hydroxylamine groups is 2. The van der Waals surface area contributed by atoms with Gasteiger partial charge in [-0.25, -0.2) is 19.3 Å². The van der Waals surface area contributed by atoms with Crippen LogP contribution in [0.25, 0.3) is 5.82 Å². The van der Waals surface area contributed by atoms with Crippen LogP contribution < -0.4 is 5.32 Å². The Hall–Kier alpha value is -3.92. The van der Waals surface area contributed by atoms with Crippen LogP contribution in [0, 0.1) is 0 Å². The van der Waals surface area contributed by atoms with Crippen molar-refractivity contribution >= 4 is 12.1 Å². The van der Waals surface area contributed by atoms with Gasteiger partial charge in [0.05, 0.1) is 18.3 Å². The Bertz CT molecular complexity index is 1210. The third-order valence-corrected chi connectivity index (χ3v) is 5.85. The average Bonchev–Trinajstić information content (AvgIpc) is 3.39. The third-order valence-electron chi connectivity index (χ3n) is 5.85. The van der Waals surface area contributed by atoms with Crippen LogP contribution in [0.3, 0.4) is 0 Å². The topological polar surface area (TPSA) is 102 Å². The van der Waals surface area contributed by atoms with E-state index in [1.807, 2.05) is 54.7 Å². The fourth-order valence-corrected chi connectivity index (χ4v) is 4.32. The van der Waals surface area contributed by atoms with Crippen molar-refractivity contribution in [2.24, 2.45) is 0 Å². The maximum atomic E-state index is 13.3. The number of fused-ring (bicyclic) bond motifs is 4. The first-order chi connectivity index (χ1) is 16.8. The summed E-state index contributed by atoms with van der Waals surface area (Å²) in [5, 5.41) is 8.98. The van der Waals surface area contributed by atoms with Crippen LogP contribution in [-0.2, 0) is 16.2 Å². The number of alkyl carbamates (subject to hydrolysis) is 1. The number of hydrogen-bond acceptors (Lipinski definition) is 6. The SMILES string of the molecule is CC(C)(C)OC(=O)NCC1c2nn(-c3ccccn3)cc2[C@H]2CN1C(=O)N2OCc1ccccc1. The number of benzene rings is 1. The van der Waals surface area contributed by atoms with Gasteiger partial charge in [-0.3, -0.25) is 4.84 Å². The van der Waals surface area contributed by atoms with E-state index in [9.17, 15) is 9.59 Å². The molecule has 2 aliphatic heterocycles. The minimum Gasteiger partial charge on any atom is -0.444 e. The first-order valence-corrected chi connectivity index (χ1v) is 11.5. The van der Waals surface area contributed by atoms with E-state index in [4.69, 9.17) is 14.7 Å². The van der Waals surface area contributed by atoms with Gasteiger partial charge in [-0.15, -0.1) is 0 Å². The molecule has 3 amide bonds. The highest BCUT2D eigenvalue weighted by molar-refractivity contribution is 5.78. The molecule has 1 N–H and O–H groups in total. The second kappa shape index (κ2) is 9.03. The molecule has 1 aromatic carbocycles. The summed E-state index contributed by atoms with van der Waals surface area (Å²) in [4.78, 5) is 37.8. The van der Waals surface area contributed by atoms with Crippen LogP contribution in [0.4, 0.5) is 9.59 Å². The number of rotatable bonds is 6. The van der Waals surface area contributed by atoms with Gasteiger partial charge in [0.25, 0.3) is 0 Å². The van der Waals surface area contributed by atoms with E-state index < -0.39 is 17.7 Å². The Kier molecular flexibility index (Phi) is 5.89. The lowest BCUT2D eigenvalue weighted by molar-refractivity contribution is -0.141. The van der Waals surface area contributed by atoms with Crippen LogP contribution in [0.1, 0.15) is 49.7 Å². The molecule has 1 unspecified atom stereocenters. The quantitative estimate of drug-likeness (QED) is 0.581. The molecule has 182 valence electrons. The van der Waals surface area contributed by atoms with E-state index in [-0.39, 0.29) is 25.2 Å². The molecule has 2 aliphatic rings. The van der Waals surface area contributed by atoms with Crippen molar-refractivity contribution in [2.45, 2.75) is 45.1 Å². The highest BCUT2D eigenvalue weighted by atomic mass is 16.7. The first-order valence-electron chi connectivity index (χ1n) is 11.5.